The summed E-state index contributed by atoms with van der Waals surface area (Å²) in [6.45, 7) is 9.01. The summed E-state index contributed by atoms with van der Waals surface area (Å²) in [5.41, 5.74) is 4.03. The predicted octanol–water partition coefficient (Wildman–Crippen LogP) is 6.85. The van der Waals surface area contributed by atoms with E-state index in [2.05, 4.69) is 28.1 Å². The van der Waals surface area contributed by atoms with Crippen molar-refractivity contribution in [2.24, 2.45) is 5.10 Å². The molecule has 0 amide bonds. The number of hydrogen-bond donors (Lipinski definition) is 0. The number of rotatable bonds is 9. The number of anilines is 1. The Morgan fingerprint density at radius 1 is 0.947 bits per heavy atom. The van der Waals surface area contributed by atoms with Crippen LogP contribution in [0.2, 0.25) is 10.0 Å². The molecule has 6 nitrogen and oxygen atoms in total. The van der Waals surface area contributed by atoms with E-state index in [1.165, 1.54) is 0 Å². The number of halogens is 2. The highest BCUT2D eigenvalue weighted by molar-refractivity contribution is 6.30. The molecule has 1 unspecified atom stereocenters. The molecule has 0 saturated carbocycles. The first kappa shape index (κ1) is 26.8. The molecule has 38 heavy (non-hydrogen) atoms. The van der Waals surface area contributed by atoms with Gasteiger partial charge in [-0.05, 0) is 67.9 Å². The van der Waals surface area contributed by atoms with Gasteiger partial charge in [-0.1, -0.05) is 35.3 Å². The van der Waals surface area contributed by atoms with Crippen LogP contribution in [0.25, 0.3) is 0 Å². The maximum absolute atomic E-state index is 6.27. The van der Waals surface area contributed by atoms with E-state index in [0.29, 0.717) is 16.7 Å². The van der Waals surface area contributed by atoms with Crippen molar-refractivity contribution in [3.8, 4) is 11.5 Å². The van der Waals surface area contributed by atoms with Gasteiger partial charge in [0, 0.05) is 47.7 Å². The molecule has 3 aromatic rings. The summed E-state index contributed by atoms with van der Waals surface area (Å²) in [4.78, 5) is 2.36. The average Bonchev–Trinajstić information content (AvgIpc) is 3.35. The van der Waals surface area contributed by atoms with Crippen LogP contribution in [0.4, 0.5) is 5.69 Å². The number of hydrazone groups is 1. The summed E-state index contributed by atoms with van der Waals surface area (Å²) in [5, 5.41) is 8.55. The van der Waals surface area contributed by atoms with Crippen molar-refractivity contribution in [2.75, 3.05) is 44.5 Å². The lowest BCUT2D eigenvalue weighted by molar-refractivity contribution is 0.0322. The molecule has 0 bridgehead atoms. The lowest BCUT2D eigenvalue weighted by atomic mass is 9.97. The molecule has 0 spiro atoms. The summed E-state index contributed by atoms with van der Waals surface area (Å²) in [7, 11) is 0. The molecule has 1 saturated heterocycles. The fourth-order valence-electron chi connectivity index (χ4n) is 4.75. The molecule has 0 N–H and O–H groups in total. The van der Waals surface area contributed by atoms with Gasteiger partial charge in [-0.25, -0.2) is 0 Å². The van der Waals surface area contributed by atoms with Gasteiger partial charge >= 0.3 is 0 Å². The second-order valence-electron chi connectivity index (χ2n) is 9.77. The van der Waals surface area contributed by atoms with Gasteiger partial charge in [0.05, 0.1) is 36.8 Å². The topological polar surface area (TPSA) is 46.5 Å². The molecule has 0 aliphatic carbocycles. The van der Waals surface area contributed by atoms with Gasteiger partial charge in [0.25, 0.3) is 0 Å². The molecule has 1 fully saturated rings. The van der Waals surface area contributed by atoms with E-state index in [1.54, 1.807) is 0 Å². The monoisotopic (exact) mass is 553 g/mol. The lowest BCUT2D eigenvalue weighted by Crippen LogP contribution is -2.38. The third-order valence-corrected chi connectivity index (χ3v) is 7.17. The molecule has 3 aromatic carbocycles. The molecule has 8 heteroatoms. The fourth-order valence-corrected chi connectivity index (χ4v) is 5.00. The van der Waals surface area contributed by atoms with Crippen molar-refractivity contribution in [3.05, 3.63) is 87.9 Å². The Bertz CT molecular complexity index is 1240. The van der Waals surface area contributed by atoms with Gasteiger partial charge in [0.1, 0.15) is 18.1 Å². The lowest BCUT2D eigenvalue weighted by Gasteiger charge is -2.26. The average molecular weight is 555 g/mol. The van der Waals surface area contributed by atoms with E-state index in [9.17, 15) is 0 Å². The summed E-state index contributed by atoms with van der Waals surface area (Å²) in [6.07, 6.45) is 0.731. The SMILES string of the molecule is CC(C)Oc1cc(OCCN2CCOCC2)ccc1C1=NN(c2ccc(Cl)cc2)C(c2ccc(Cl)cc2)C1. The normalized spacial score (nSPS) is 18.1. The minimum absolute atomic E-state index is 0.0128. The third-order valence-electron chi connectivity index (χ3n) is 6.66. The first-order valence-electron chi connectivity index (χ1n) is 13.1. The molecule has 0 aromatic heterocycles. The molecule has 1 atom stereocenters. The zero-order valence-corrected chi connectivity index (χ0v) is 23.3. The summed E-state index contributed by atoms with van der Waals surface area (Å²) < 4.78 is 17.8. The molecular weight excluding hydrogens is 521 g/mol. The van der Waals surface area contributed by atoms with Crippen LogP contribution in [-0.4, -0.2) is 56.2 Å². The highest BCUT2D eigenvalue weighted by Crippen LogP contribution is 2.39. The first-order chi connectivity index (χ1) is 18.5. The highest BCUT2D eigenvalue weighted by Gasteiger charge is 2.31. The van der Waals surface area contributed by atoms with Crippen molar-refractivity contribution in [3.63, 3.8) is 0 Å². The van der Waals surface area contributed by atoms with Crippen LogP contribution in [0.5, 0.6) is 11.5 Å². The smallest absolute Gasteiger partial charge is 0.132 e. The maximum Gasteiger partial charge on any atom is 0.132 e. The van der Waals surface area contributed by atoms with Crippen molar-refractivity contribution in [1.82, 2.24) is 4.90 Å². The van der Waals surface area contributed by atoms with Gasteiger partial charge < -0.3 is 14.2 Å². The number of morpholine rings is 1. The van der Waals surface area contributed by atoms with Crippen LogP contribution in [0, 0.1) is 0 Å². The minimum Gasteiger partial charge on any atom is -0.492 e. The van der Waals surface area contributed by atoms with Gasteiger partial charge in [-0.3, -0.25) is 9.91 Å². The van der Waals surface area contributed by atoms with Crippen molar-refractivity contribution in [2.45, 2.75) is 32.4 Å². The quantitative estimate of drug-likeness (QED) is 0.290. The zero-order valence-electron chi connectivity index (χ0n) is 21.8. The minimum atomic E-state index is 0.0128. The Balaban J connectivity index is 1.41. The number of benzene rings is 3. The second kappa shape index (κ2) is 12.4. The van der Waals surface area contributed by atoms with Gasteiger partial charge in [0.2, 0.25) is 0 Å². The van der Waals surface area contributed by atoms with E-state index in [1.807, 2.05) is 62.4 Å². The maximum atomic E-state index is 6.27. The highest BCUT2D eigenvalue weighted by atomic mass is 35.5. The van der Waals surface area contributed by atoms with E-state index in [4.69, 9.17) is 42.5 Å². The zero-order chi connectivity index (χ0) is 26.5. The van der Waals surface area contributed by atoms with Crippen LogP contribution in [-0.2, 0) is 4.74 Å². The molecule has 0 radical (unpaired) electrons. The Morgan fingerprint density at radius 2 is 1.63 bits per heavy atom. The molecule has 200 valence electrons. The van der Waals surface area contributed by atoms with E-state index >= 15 is 0 Å². The second-order valence-corrected chi connectivity index (χ2v) is 10.6. The van der Waals surface area contributed by atoms with Crippen LogP contribution in [0.1, 0.15) is 37.4 Å². The Morgan fingerprint density at radius 3 is 2.32 bits per heavy atom. The van der Waals surface area contributed by atoms with Crippen molar-refractivity contribution >= 4 is 34.6 Å². The first-order valence-corrected chi connectivity index (χ1v) is 13.8. The summed E-state index contributed by atoms with van der Waals surface area (Å²) >= 11 is 12.4. The standard InChI is InChI=1S/C30H33Cl2N3O3/c1-21(2)38-30-19-26(37-18-15-34-13-16-36-17-14-34)11-12-27(30)28-20-29(22-3-5-23(31)6-4-22)35(33-28)25-9-7-24(32)8-10-25/h3-12,19,21,29H,13-18,20H2,1-2H3. The van der Waals surface area contributed by atoms with Gasteiger partial charge in [-0.2, -0.15) is 5.10 Å². The largest absolute Gasteiger partial charge is 0.492 e. The van der Waals surface area contributed by atoms with E-state index < -0.39 is 0 Å². The van der Waals surface area contributed by atoms with Crippen molar-refractivity contribution < 1.29 is 14.2 Å². The van der Waals surface area contributed by atoms with E-state index in [0.717, 1.165) is 73.3 Å². The van der Waals surface area contributed by atoms with Crippen LogP contribution in [0.15, 0.2) is 71.8 Å². The Labute approximate surface area is 234 Å². The molecular formula is C30H33Cl2N3O3. The number of ether oxygens (including phenoxy) is 3. The summed E-state index contributed by atoms with van der Waals surface area (Å²) in [5.74, 6) is 1.57. The van der Waals surface area contributed by atoms with Crippen LogP contribution >= 0.6 is 23.2 Å². The molecule has 5 rings (SSSR count). The van der Waals surface area contributed by atoms with Crippen LogP contribution < -0.4 is 14.5 Å². The van der Waals surface area contributed by atoms with Crippen molar-refractivity contribution in [1.29, 1.82) is 0 Å². The predicted molar refractivity (Wildman–Crippen MR) is 154 cm³/mol. The summed E-state index contributed by atoms with van der Waals surface area (Å²) in [6, 6.07) is 21.8. The van der Waals surface area contributed by atoms with Crippen LogP contribution in [0.3, 0.4) is 0 Å². The molecule has 2 aliphatic rings. The molecule has 2 aliphatic heterocycles. The third kappa shape index (κ3) is 6.62. The Hall–Kier alpha value is -2.77. The van der Waals surface area contributed by atoms with Gasteiger partial charge in [-0.15, -0.1) is 0 Å². The molecule has 2 heterocycles. The number of hydrogen-bond acceptors (Lipinski definition) is 6. The fraction of sp³-hybridized carbons (Fsp3) is 0.367. The van der Waals surface area contributed by atoms with Gasteiger partial charge in [0.15, 0.2) is 0 Å². The number of nitrogens with zero attached hydrogens (tertiary/aromatic N) is 3. The van der Waals surface area contributed by atoms with E-state index in [-0.39, 0.29) is 12.1 Å². The Kier molecular flexibility index (Phi) is 8.75.